The third-order valence-corrected chi connectivity index (χ3v) is 30.0. The van der Waals surface area contributed by atoms with Gasteiger partial charge in [-0.2, -0.15) is 0 Å². The summed E-state index contributed by atoms with van der Waals surface area (Å²) in [7, 11) is 4.04. The van der Waals surface area contributed by atoms with Crippen LogP contribution in [0.25, 0.3) is 0 Å². The van der Waals surface area contributed by atoms with Gasteiger partial charge in [-0.25, -0.2) is 0 Å². The Morgan fingerprint density at radius 3 is 0.991 bits per heavy atom. The van der Waals surface area contributed by atoms with Crippen LogP contribution in [0.3, 0.4) is 0 Å². The number of hydrogen-bond acceptors (Lipinski definition) is 22. The number of amides is 2. The molecule has 2 amide bonds. The molecule has 3 N–H and O–H groups in total. The topological polar surface area (TPSA) is 321 Å². The van der Waals surface area contributed by atoms with Gasteiger partial charge in [-0.1, -0.05) is 128 Å². The third kappa shape index (κ3) is 37.7. The Labute approximate surface area is 640 Å². The number of aliphatic carboxylic acids is 1. The van der Waals surface area contributed by atoms with E-state index in [2.05, 4.69) is 24.5 Å². The molecule has 106 heavy (non-hydrogen) atoms. The molecule has 0 spiro atoms. The molecule has 0 saturated carbocycles. The number of ether oxygens (including phenoxy) is 3. The van der Waals surface area contributed by atoms with E-state index in [9.17, 15) is 48.3 Å². The van der Waals surface area contributed by atoms with E-state index in [1.54, 1.807) is 114 Å². The van der Waals surface area contributed by atoms with Gasteiger partial charge in [0, 0.05) is 121 Å². The molecule has 0 aliphatic rings. The van der Waals surface area contributed by atoms with Gasteiger partial charge in [0.15, 0.2) is 5.78 Å². The van der Waals surface area contributed by atoms with Gasteiger partial charge in [-0.05, 0) is 173 Å². The molecule has 3 aromatic rings. The second-order valence-corrected chi connectivity index (χ2v) is 40.6. The van der Waals surface area contributed by atoms with E-state index in [-0.39, 0.29) is 35.1 Å². The summed E-state index contributed by atoms with van der Waals surface area (Å²) < 4.78 is 73.7. The number of carbonyl (C=O) groups excluding carboxylic acids is 7. The van der Waals surface area contributed by atoms with Crippen molar-refractivity contribution in [1.82, 2.24) is 0 Å². The van der Waals surface area contributed by atoms with E-state index >= 15 is 0 Å². The van der Waals surface area contributed by atoms with Crippen LogP contribution in [0.5, 0.6) is 0 Å². The number of benzene rings is 3. The molecule has 3 aromatic carbocycles. The van der Waals surface area contributed by atoms with E-state index in [0.717, 1.165) is 49.8 Å². The lowest BCUT2D eigenvalue weighted by molar-refractivity contribution is -0.304. The van der Waals surface area contributed by atoms with E-state index < -0.39 is 75.7 Å². The summed E-state index contributed by atoms with van der Waals surface area (Å²) in [6, 6.07) is 23.6. The summed E-state index contributed by atoms with van der Waals surface area (Å²) in [6.07, 6.45) is 6.37. The van der Waals surface area contributed by atoms with Crippen molar-refractivity contribution in [3.8, 4) is 0 Å². The van der Waals surface area contributed by atoms with E-state index in [1.165, 1.54) is 5.56 Å². The summed E-state index contributed by atoms with van der Waals surface area (Å²) in [5.74, 6) is -1.75. The van der Waals surface area contributed by atoms with Crippen LogP contribution in [0.4, 0.5) is 11.4 Å². The Balaban J connectivity index is -0.00000120. The summed E-state index contributed by atoms with van der Waals surface area (Å²) in [5.41, 5.74) is 2.93. The summed E-state index contributed by atoms with van der Waals surface area (Å²) >= 11 is 0. The minimum absolute atomic E-state index is 0.0472. The largest absolute Gasteiger partial charge is 0.827 e. The maximum Gasteiger partial charge on any atom is 0.500 e. The Morgan fingerprint density at radius 2 is 0.755 bits per heavy atom. The average Bonchev–Trinajstić information content (AvgIpc) is 0.813. The Morgan fingerprint density at radius 1 is 0.472 bits per heavy atom. The molecule has 610 valence electrons. The number of aryl methyl sites for hydroxylation is 1. The fraction of sp³-hybridized carbons (Fsp3) is 0.654. The number of esters is 3. The zero-order chi connectivity index (χ0) is 82.6. The molecule has 0 fully saturated rings. The number of nitrogens with one attached hydrogen (secondary N) is 2. The zero-order valence-corrected chi connectivity index (χ0v) is 73.6. The molecule has 2 atom stereocenters. The number of hydrogen-bond donors (Lipinski definition) is 3. The highest BCUT2D eigenvalue weighted by atomic mass is 32.2. The molecule has 0 aliphatic carbocycles. The first kappa shape index (κ1) is 105. The first-order chi connectivity index (χ1) is 49.3. The number of carboxylic acids is 1. The van der Waals surface area contributed by atoms with Gasteiger partial charge in [0.25, 0.3) is 0 Å². The normalized spacial score (nSPS) is 12.6. The number of anilines is 2. The molecule has 3 rings (SSSR count). The van der Waals surface area contributed by atoms with Crippen molar-refractivity contribution in [3.05, 3.63) is 89.5 Å². The lowest BCUT2D eigenvalue weighted by atomic mass is 9.89. The van der Waals surface area contributed by atoms with Crippen molar-refractivity contribution < 1.29 is 102 Å². The van der Waals surface area contributed by atoms with Crippen molar-refractivity contribution >= 4 is 99.2 Å². The van der Waals surface area contributed by atoms with Gasteiger partial charge in [0.1, 0.15) is 0 Å². The Bertz CT molecular complexity index is 3020. The highest BCUT2D eigenvalue weighted by Crippen LogP contribution is 2.34. The molecule has 2 unspecified atom stereocenters. The first-order valence-corrected chi connectivity index (χ1v) is 43.7. The number of rotatable bonds is 39. The number of ketones is 1. The molecular weight excluding hydrogens is 1430 g/mol. The highest BCUT2D eigenvalue weighted by Gasteiger charge is 2.40. The van der Waals surface area contributed by atoms with Crippen molar-refractivity contribution in [2.45, 2.75) is 232 Å². The highest BCUT2D eigenvalue weighted by molar-refractivity contribution is 8.25. The maximum absolute atomic E-state index is 12.1. The number of carbonyl (C=O) groups is 7. The lowest BCUT2D eigenvalue weighted by Gasteiger charge is -2.24. The number of Topliss-reactive ketones (excluding diaryl/α,β-unsaturated/α-hetero) is 1. The quantitative estimate of drug-likeness (QED) is 0.00908. The minimum atomic E-state index is -2.53. The van der Waals surface area contributed by atoms with Gasteiger partial charge >= 0.3 is 44.3 Å². The summed E-state index contributed by atoms with van der Waals surface area (Å²) in [6.45, 7) is 39.7. The molecule has 0 aromatic heterocycles. The fourth-order valence-corrected chi connectivity index (χ4v) is 14.6. The molecule has 0 aliphatic heterocycles. The Hall–Kier alpha value is -5.55. The van der Waals surface area contributed by atoms with Crippen LogP contribution in [-0.4, -0.2) is 167 Å². The Kier molecular flexibility index (Phi) is 51.1. The van der Waals surface area contributed by atoms with Crippen LogP contribution in [0.1, 0.15) is 223 Å². The van der Waals surface area contributed by atoms with Crippen LogP contribution in [0.15, 0.2) is 77.7 Å². The van der Waals surface area contributed by atoms with E-state index in [4.69, 9.17) is 54.0 Å². The van der Waals surface area contributed by atoms with Gasteiger partial charge < -0.3 is 84.2 Å². The molecule has 24 nitrogen and oxygen atoms in total. The summed E-state index contributed by atoms with van der Waals surface area (Å²) in [5, 5.41) is 27.2. The predicted octanol–water partition coefficient (Wildman–Crippen LogP) is 14.6. The molecule has 0 saturated heterocycles. The molecule has 0 radical (unpaired) electrons. The van der Waals surface area contributed by atoms with Crippen LogP contribution < -0.4 is 20.8 Å². The van der Waals surface area contributed by atoms with Crippen molar-refractivity contribution in [1.29, 1.82) is 0 Å². The average molecular weight is 1570 g/mol. The lowest BCUT2D eigenvalue weighted by Crippen LogP contribution is -2.42. The fourth-order valence-electron chi connectivity index (χ4n) is 8.21. The van der Waals surface area contributed by atoms with Crippen LogP contribution in [0.2, 0.25) is 18.1 Å². The van der Waals surface area contributed by atoms with Crippen molar-refractivity contribution in [3.63, 3.8) is 0 Å². The van der Waals surface area contributed by atoms with Crippen molar-refractivity contribution in [2.75, 3.05) is 94.4 Å². The maximum atomic E-state index is 12.1. The van der Waals surface area contributed by atoms with Crippen LogP contribution >= 0.6 is 9.49 Å². The van der Waals surface area contributed by atoms with Gasteiger partial charge in [0.2, 0.25) is 11.8 Å². The van der Waals surface area contributed by atoms with E-state index in [1.807, 2.05) is 147 Å². The second kappa shape index (κ2) is 51.8. The van der Waals surface area contributed by atoms with Crippen LogP contribution in [-0.2, 0) is 82.8 Å². The third-order valence-electron chi connectivity index (χ3n) is 18.9. The summed E-state index contributed by atoms with van der Waals surface area (Å²) in [4.78, 5) is 82.0. The first-order valence-electron chi connectivity index (χ1n) is 36.2. The SMILES string of the molecule is CCC(C)(C)C(=O)Nc1ccc(C)cc1.CCC(C)(C)C(=O)Nc1ccc(S(O)(=C[O-])=C(C)C)cc1.CCC(C)(C)C(=O)OCCC[Si](OC)(OC)OC.CCC(C)(C)C(=O)OCCC[Si](OC)(OC)OC.CCC(C)(C)C(=O)OCCC[Si](OC)(OC)OC.CCC(C)c1ccc(C(=O)CC(=O)[O-])cc1. The standard InChI is InChI=1S/C16H25NO3S.C13H19NO.C13H16O3.3C12H26O5Si/c1-6-16(4,5)15(19)17-13-7-9-14(10-8-13)21(20,11-18)12(2)3;1-5-13(3,4)12(15)14-11-8-6-10(2)7-9-11;1-3-9(2)10-4-6-11(7-5-10)12(14)8-13(15)16;3*1-7-12(2,3)11(13)17-9-8-10-18(14-4,15-5)16-6/h7-11,18,20H,6H2,1-5H3,(H,17,19);6-9H,5H2,1-4H3,(H,14,15);4-7,9H,3,8H2,1-2H3,(H,15,16);3*7-10H2,1-6H3/p-2. The molecule has 28 heteroatoms. The molecule has 0 heterocycles. The van der Waals surface area contributed by atoms with Crippen LogP contribution in [0, 0.1) is 34.0 Å². The van der Waals surface area contributed by atoms with Gasteiger partial charge in [0.05, 0.1) is 42.5 Å². The molecular formula is C78H136N2O22SSi3-2. The predicted molar refractivity (Wildman–Crippen MR) is 427 cm³/mol. The number of carboxylic acid groups (broad SMARTS) is 1. The van der Waals surface area contributed by atoms with E-state index in [0.29, 0.717) is 89.7 Å². The zero-order valence-electron chi connectivity index (χ0n) is 69.8. The van der Waals surface area contributed by atoms with Crippen molar-refractivity contribution in [2.24, 2.45) is 27.1 Å². The second-order valence-electron chi connectivity index (χ2n) is 28.6. The smallest absolute Gasteiger partial charge is 0.500 e. The van der Waals surface area contributed by atoms with Gasteiger partial charge in [-0.3, -0.25) is 28.8 Å². The molecule has 0 bridgehead atoms. The monoisotopic (exact) mass is 1570 g/mol. The van der Waals surface area contributed by atoms with Gasteiger partial charge in [-0.15, -0.1) is 5.55 Å². The minimum Gasteiger partial charge on any atom is -0.827 e.